The maximum absolute atomic E-state index is 13.6. The number of thioether (sulfide) groups is 1. The molecule has 6 heteroatoms. The molecule has 210 valence electrons. The second kappa shape index (κ2) is 11.5. The molecule has 0 radical (unpaired) electrons. The number of nitrogens with zero attached hydrogens (tertiary/aromatic N) is 4. The maximum Gasteiger partial charge on any atom is 0.192 e. The summed E-state index contributed by atoms with van der Waals surface area (Å²) in [4.78, 5) is 13.6. The van der Waals surface area contributed by atoms with Gasteiger partial charge in [0.05, 0.1) is 12.3 Å². The summed E-state index contributed by atoms with van der Waals surface area (Å²) in [7, 11) is 0. The minimum absolute atomic E-state index is 0.0746. The Bertz CT molecular complexity index is 1670. The zero-order valence-corrected chi connectivity index (χ0v) is 25.8. The third kappa shape index (κ3) is 6.23. The van der Waals surface area contributed by atoms with Crippen molar-refractivity contribution < 1.29 is 4.79 Å². The molecule has 0 fully saturated rings. The molecule has 5 aromatic rings. The minimum Gasteiger partial charge on any atom is -0.318 e. The Hall–Kier alpha value is -3.90. The van der Waals surface area contributed by atoms with Gasteiger partial charge in [-0.25, -0.2) is 0 Å². The van der Waals surface area contributed by atoms with Gasteiger partial charge in [0.25, 0.3) is 0 Å². The summed E-state index contributed by atoms with van der Waals surface area (Å²) in [6.45, 7) is 15.6. The first kappa shape index (κ1) is 28.6. The molecule has 0 saturated heterocycles. The predicted octanol–water partition coefficient (Wildman–Crippen LogP) is 8.29. The number of hydrogen-bond acceptors (Lipinski definition) is 4. The number of ketones is 1. The second-order valence-corrected chi connectivity index (χ2v) is 12.8. The van der Waals surface area contributed by atoms with Gasteiger partial charge in [-0.05, 0) is 73.6 Å². The Morgan fingerprint density at radius 1 is 0.829 bits per heavy atom. The van der Waals surface area contributed by atoms with Crippen molar-refractivity contribution >= 4 is 17.5 Å². The third-order valence-electron chi connectivity index (χ3n) is 7.44. The number of Topliss-reactive ketones (excluding diaryl/α,β-unsaturated/α-hetero) is 1. The van der Waals surface area contributed by atoms with Crippen molar-refractivity contribution in [2.75, 3.05) is 5.75 Å². The Labute approximate surface area is 247 Å². The molecule has 0 aliphatic carbocycles. The van der Waals surface area contributed by atoms with Gasteiger partial charge in [0.2, 0.25) is 0 Å². The van der Waals surface area contributed by atoms with Crippen LogP contribution in [0.25, 0.3) is 17.1 Å². The highest BCUT2D eigenvalue weighted by Crippen LogP contribution is 2.30. The van der Waals surface area contributed by atoms with Gasteiger partial charge in [-0.1, -0.05) is 93.2 Å². The van der Waals surface area contributed by atoms with Crippen LogP contribution in [0.4, 0.5) is 0 Å². The summed E-state index contributed by atoms with van der Waals surface area (Å²) in [5.74, 6) is 1.17. The van der Waals surface area contributed by atoms with Crippen LogP contribution in [0.1, 0.15) is 64.8 Å². The molecule has 0 aliphatic heterocycles. The molecule has 41 heavy (non-hydrogen) atoms. The van der Waals surface area contributed by atoms with Crippen LogP contribution >= 0.6 is 11.8 Å². The van der Waals surface area contributed by atoms with Gasteiger partial charge in [-0.15, -0.1) is 10.2 Å². The van der Waals surface area contributed by atoms with E-state index in [0.717, 1.165) is 44.7 Å². The molecule has 0 spiro atoms. The zero-order chi connectivity index (χ0) is 29.3. The van der Waals surface area contributed by atoms with E-state index in [4.69, 9.17) is 0 Å². The average Bonchev–Trinajstić information content (AvgIpc) is 3.46. The van der Waals surface area contributed by atoms with Crippen LogP contribution in [0, 0.1) is 27.7 Å². The predicted molar refractivity (Wildman–Crippen MR) is 169 cm³/mol. The first-order chi connectivity index (χ1) is 19.5. The van der Waals surface area contributed by atoms with Crippen LogP contribution in [0.3, 0.4) is 0 Å². The van der Waals surface area contributed by atoms with Crippen molar-refractivity contribution in [1.29, 1.82) is 0 Å². The van der Waals surface area contributed by atoms with Crippen molar-refractivity contribution in [3.63, 3.8) is 0 Å². The molecular formula is C35H38N4OS. The minimum atomic E-state index is 0.0746. The van der Waals surface area contributed by atoms with Crippen molar-refractivity contribution in [3.05, 3.63) is 118 Å². The summed E-state index contributed by atoms with van der Waals surface area (Å²) in [5.41, 5.74) is 9.78. The lowest BCUT2D eigenvalue weighted by atomic mass is 9.87. The molecular weight excluding hydrogens is 524 g/mol. The highest BCUT2D eigenvalue weighted by molar-refractivity contribution is 7.99. The summed E-state index contributed by atoms with van der Waals surface area (Å²) in [6, 6.07) is 27.4. The molecule has 5 rings (SSSR count). The van der Waals surface area contributed by atoms with E-state index in [2.05, 4.69) is 115 Å². The number of carbonyl (C=O) groups excluding carboxylic acids is 1. The topological polar surface area (TPSA) is 52.7 Å². The van der Waals surface area contributed by atoms with Crippen LogP contribution in [0.15, 0.2) is 84.0 Å². The normalized spacial score (nSPS) is 11.7. The zero-order valence-electron chi connectivity index (χ0n) is 25.0. The lowest BCUT2D eigenvalue weighted by Crippen LogP contribution is -2.11. The quantitative estimate of drug-likeness (QED) is 0.141. The van der Waals surface area contributed by atoms with Crippen LogP contribution in [-0.4, -0.2) is 30.9 Å². The Kier molecular flexibility index (Phi) is 8.05. The van der Waals surface area contributed by atoms with E-state index >= 15 is 0 Å². The van der Waals surface area contributed by atoms with Crippen molar-refractivity contribution in [3.8, 4) is 17.1 Å². The van der Waals surface area contributed by atoms with Crippen LogP contribution in [0.5, 0.6) is 0 Å². The number of carbonyl (C=O) groups is 1. The van der Waals surface area contributed by atoms with Crippen molar-refractivity contribution in [1.82, 2.24) is 19.3 Å². The fourth-order valence-corrected chi connectivity index (χ4v) is 6.19. The van der Waals surface area contributed by atoms with Gasteiger partial charge in [-0.3, -0.25) is 9.36 Å². The van der Waals surface area contributed by atoms with Crippen LogP contribution in [-0.2, 0) is 12.0 Å². The monoisotopic (exact) mass is 562 g/mol. The fourth-order valence-electron chi connectivity index (χ4n) is 5.37. The largest absolute Gasteiger partial charge is 0.318 e. The molecule has 0 N–H and O–H groups in total. The maximum atomic E-state index is 13.6. The number of rotatable bonds is 8. The molecule has 0 aliphatic rings. The van der Waals surface area contributed by atoms with E-state index in [-0.39, 0.29) is 17.0 Å². The van der Waals surface area contributed by atoms with Gasteiger partial charge in [0.15, 0.2) is 16.8 Å². The molecule has 0 saturated carbocycles. The lowest BCUT2D eigenvalue weighted by Gasteiger charge is -2.19. The molecule has 2 heterocycles. The SMILES string of the molecule is Cc1cc(C)cc(-n2c(C)cc(C(=O)CSc3nnc(-c4ccc(C(C)(C)C)cc4)n3Cc3ccccc3)c2C)c1. The van der Waals surface area contributed by atoms with E-state index in [1.165, 1.54) is 28.5 Å². The van der Waals surface area contributed by atoms with Crippen molar-refractivity contribution in [2.45, 2.75) is 65.6 Å². The first-order valence-corrected chi connectivity index (χ1v) is 15.0. The van der Waals surface area contributed by atoms with E-state index < -0.39 is 0 Å². The van der Waals surface area contributed by atoms with Gasteiger partial charge in [-0.2, -0.15) is 0 Å². The number of aromatic nitrogens is 4. The van der Waals surface area contributed by atoms with Crippen molar-refractivity contribution in [2.24, 2.45) is 0 Å². The molecule has 0 unspecified atom stereocenters. The number of hydrogen-bond donors (Lipinski definition) is 0. The van der Waals surface area contributed by atoms with Crippen LogP contribution < -0.4 is 0 Å². The van der Waals surface area contributed by atoms with E-state index in [0.29, 0.717) is 6.54 Å². The van der Waals surface area contributed by atoms with Crippen LogP contribution in [0.2, 0.25) is 0 Å². The Balaban J connectivity index is 1.43. The summed E-state index contributed by atoms with van der Waals surface area (Å²) in [6.07, 6.45) is 0. The molecule has 2 aromatic heterocycles. The van der Waals surface area contributed by atoms with E-state index in [1.54, 1.807) is 0 Å². The Morgan fingerprint density at radius 2 is 1.49 bits per heavy atom. The molecule has 3 aromatic carbocycles. The van der Waals surface area contributed by atoms with Gasteiger partial charge >= 0.3 is 0 Å². The molecule has 5 nitrogen and oxygen atoms in total. The first-order valence-electron chi connectivity index (χ1n) is 14.0. The number of aryl methyl sites for hydroxylation is 3. The summed E-state index contributed by atoms with van der Waals surface area (Å²) >= 11 is 1.45. The lowest BCUT2D eigenvalue weighted by molar-refractivity contribution is 0.102. The second-order valence-electron chi connectivity index (χ2n) is 11.9. The fraction of sp³-hybridized carbons (Fsp3) is 0.286. The van der Waals surface area contributed by atoms with Gasteiger partial charge in [0.1, 0.15) is 0 Å². The van der Waals surface area contributed by atoms with Gasteiger partial charge < -0.3 is 4.57 Å². The summed E-state index contributed by atoms with van der Waals surface area (Å²) < 4.78 is 4.30. The van der Waals surface area contributed by atoms with E-state index in [1.807, 2.05) is 31.2 Å². The molecule has 0 atom stereocenters. The van der Waals surface area contributed by atoms with E-state index in [9.17, 15) is 4.79 Å². The summed E-state index contributed by atoms with van der Waals surface area (Å²) in [5, 5.41) is 9.89. The highest BCUT2D eigenvalue weighted by Gasteiger charge is 2.21. The highest BCUT2D eigenvalue weighted by atomic mass is 32.2. The molecule has 0 amide bonds. The third-order valence-corrected chi connectivity index (χ3v) is 8.40. The standard InChI is InChI=1S/C35H38N4OS/c1-23-17-24(2)19-30(18-23)39-25(3)20-31(26(39)4)32(40)22-41-34-37-36-33(38(34)21-27-11-9-8-10-12-27)28-13-15-29(16-14-28)35(5,6)7/h8-20H,21-22H2,1-7H3. The smallest absolute Gasteiger partial charge is 0.192 e. The average molecular weight is 563 g/mol. The number of benzene rings is 3. The Morgan fingerprint density at radius 3 is 2.12 bits per heavy atom. The molecule has 0 bridgehead atoms. The van der Waals surface area contributed by atoms with Gasteiger partial charge in [0, 0.05) is 28.2 Å².